The van der Waals surface area contributed by atoms with Gasteiger partial charge in [-0.1, -0.05) is 0 Å². The summed E-state index contributed by atoms with van der Waals surface area (Å²) in [6, 6.07) is -2.68. The third kappa shape index (κ3) is 4.24. The zero-order chi connectivity index (χ0) is 14.6. The van der Waals surface area contributed by atoms with Crippen molar-refractivity contribution in [1.29, 1.82) is 0 Å². The quantitative estimate of drug-likeness (QED) is 0.840. The second-order valence-electron chi connectivity index (χ2n) is 4.57. The van der Waals surface area contributed by atoms with Crippen LogP contribution in [0.1, 0.15) is 13.8 Å². The van der Waals surface area contributed by atoms with E-state index in [0.717, 1.165) is 0 Å². The van der Waals surface area contributed by atoms with Gasteiger partial charge in [-0.15, -0.1) is 0 Å². The Morgan fingerprint density at radius 3 is 2.21 bits per heavy atom. The molecule has 0 aromatic heterocycles. The molecule has 0 bridgehead atoms. The molecule has 8 heteroatoms. The van der Waals surface area contributed by atoms with Crippen LogP contribution >= 0.6 is 0 Å². The van der Waals surface area contributed by atoms with Crippen molar-refractivity contribution in [2.24, 2.45) is 5.73 Å². The maximum Gasteiger partial charge on any atom is 0.409 e. The number of nitrogens with zero attached hydrogens (tertiary/aromatic N) is 2. The largest absolute Gasteiger partial charge is 0.450 e. The molecule has 1 aliphatic rings. The van der Waals surface area contributed by atoms with E-state index in [2.05, 4.69) is 0 Å². The van der Waals surface area contributed by atoms with Gasteiger partial charge in [0.25, 0.3) is 0 Å². The monoisotopic (exact) mass is 283 g/mol. The summed E-state index contributed by atoms with van der Waals surface area (Å²) in [5.74, 6) is 0. The van der Waals surface area contributed by atoms with Crippen LogP contribution in [0.15, 0.2) is 0 Å². The average molecular weight is 283 g/mol. The lowest BCUT2D eigenvalue weighted by Gasteiger charge is -2.40. The number of carbonyl (C=O) groups excluding carboxylic acids is 1. The second kappa shape index (κ2) is 6.42. The average Bonchev–Trinajstić information content (AvgIpc) is 2.27. The van der Waals surface area contributed by atoms with E-state index in [-0.39, 0.29) is 32.8 Å². The summed E-state index contributed by atoms with van der Waals surface area (Å²) in [4.78, 5) is 14.1. The molecule has 0 aromatic rings. The van der Waals surface area contributed by atoms with Gasteiger partial charge in [0.05, 0.1) is 6.61 Å². The van der Waals surface area contributed by atoms with Crippen LogP contribution in [0.25, 0.3) is 0 Å². The molecule has 0 radical (unpaired) electrons. The van der Waals surface area contributed by atoms with Crippen LogP contribution in [0.5, 0.6) is 0 Å². The van der Waals surface area contributed by atoms with Crippen molar-refractivity contribution < 1.29 is 22.7 Å². The number of rotatable bonds is 3. The second-order valence-corrected chi connectivity index (χ2v) is 4.57. The van der Waals surface area contributed by atoms with Gasteiger partial charge in [0.2, 0.25) is 0 Å². The van der Waals surface area contributed by atoms with Gasteiger partial charge in [-0.25, -0.2) is 4.79 Å². The smallest absolute Gasteiger partial charge is 0.409 e. The number of hydrogen-bond acceptors (Lipinski definition) is 4. The lowest BCUT2D eigenvalue weighted by Crippen LogP contribution is -2.60. The van der Waals surface area contributed by atoms with E-state index < -0.39 is 24.4 Å². The third-order valence-electron chi connectivity index (χ3n) is 3.07. The topological polar surface area (TPSA) is 58.8 Å². The van der Waals surface area contributed by atoms with Crippen molar-refractivity contribution >= 4 is 6.09 Å². The molecule has 0 aliphatic carbocycles. The highest BCUT2D eigenvalue weighted by molar-refractivity contribution is 5.67. The van der Waals surface area contributed by atoms with Crippen molar-refractivity contribution in [3.8, 4) is 0 Å². The van der Waals surface area contributed by atoms with Crippen LogP contribution in [-0.2, 0) is 4.74 Å². The molecule has 1 heterocycles. The van der Waals surface area contributed by atoms with Crippen molar-refractivity contribution in [3.05, 3.63) is 0 Å². The third-order valence-corrected chi connectivity index (χ3v) is 3.07. The number of carbonyl (C=O) groups is 1. The maximum atomic E-state index is 12.9. The predicted octanol–water partition coefficient (Wildman–Crippen LogP) is 1.04. The summed E-state index contributed by atoms with van der Waals surface area (Å²) in [5, 5.41) is 0. The van der Waals surface area contributed by atoms with E-state index >= 15 is 0 Å². The first-order chi connectivity index (χ1) is 8.77. The number of piperazine rings is 1. The first-order valence-electron chi connectivity index (χ1n) is 6.25. The lowest BCUT2D eigenvalue weighted by molar-refractivity contribution is -0.191. The van der Waals surface area contributed by atoms with Crippen LogP contribution in [0.4, 0.5) is 18.0 Å². The van der Waals surface area contributed by atoms with Crippen LogP contribution in [-0.4, -0.2) is 66.9 Å². The highest BCUT2D eigenvalue weighted by Crippen LogP contribution is 2.27. The van der Waals surface area contributed by atoms with E-state index in [0.29, 0.717) is 0 Å². The first kappa shape index (κ1) is 16.0. The molecule has 2 N–H and O–H groups in total. The van der Waals surface area contributed by atoms with E-state index in [1.54, 1.807) is 6.92 Å². The summed E-state index contributed by atoms with van der Waals surface area (Å²) in [6.07, 6.45) is -4.84. The highest BCUT2D eigenvalue weighted by atomic mass is 19.4. The Kier molecular flexibility index (Phi) is 5.42. The number of alkyl halides is 3. The van der Waals surface area contributed by atoms with Gasteiger partial charge in [0.1, 0.15) is 6.04 Å². The Bertz CT molecular complexity index is 302. The minimum atomic E-state index is -4.36. The van der Waals surface area contributed by atoms with Gasteiger partial charge < -0.3 is 15.4 Å². The number of ether oxygens (including phenoxy) is 1. The van der Waals surface area contributed by atoms with Crippen molar-refractivity contribution in [1.82, 2.24) is 9.80 Å². The van der Waals surface area contributed by atoms with Crippen molar-refractivity contribution in [2.45, 2.75) is 32.1 Å². The normalized spacial score (nSPS) is 21.1. The Hall–Kier alpha value is -1.02. The zero-order valence-electron chi connectivity index (χ0n) is 11.1. The van der Waals surface area contributed by atoms with Crippen LogP contribution in [0.3, 0.4) is 0 Å². The van der Waals surface area contributed by atoms with E-state index in [1.807, 2.05) is 0 Å². The van der Waals surface area contributed by atoms with Crippen LogP contribution < -0.4 is 5.73 Å². The summed E-state index contributed by atoms with van der Waals surface area (Å²) in [5.41, 5.74) is 5.43. The highest BCUT2D eigenvalue weighted by Gasteiger charge is 2.46. The van der Waals surface area contributed by atoms with E-state index in [9.17, 15) is 18.0 Å². The number of amides is 1. The van der Waals surface area contributed by atoms with Crippen molar-refractivity contribution in [2.75, 3.05) is 32.8 Å². The molecule has 2 unspecified atom stereocenters. The molecule has 1 rings (SSSR count). The first-order valence-corrected chi connectivity index (χ1v) is 6.25. The maximum absolute atomic E-state index is 12.9. The van der Waals surface area contributed by atoms with Gasteiger partial charge in [0.15, 0.2) is 0 Å². The molecule has 19 heavy (non-hydrogen) atoms. The summed E-state index contributed by atoms with van der Waals surface area (Å²) >= 11 is 0. The van der Waals surface area contributed by atoms with Crippen LogP contribution in [0, 0.1) is 0 Å². The number of nitrogens with two attached hydrogens (primary N) is 1. The van der Waals surface area contributed by atoms with Gasteiger partial charge >= 0.3 is 12.3 Å². The summed E-state index contributed by atoms with van der Waals surface area (Å²) < 4.78 is 43.5. The van der Waals surface area contributed by atoms with Gasteiger partial charge in [0, 0.05) is 32.2 Å². The summed E-state index contributed by atoms with van der Waals surface area (Å²) in [6.45, 7) is 4.01. The Labute approximate surface area is 110 Å². The van der Waals surface area contributed by atoms with E-state index in [4.69, 9.17) is 10.5 Å². The molecule has 1 saturated heterocycles. The molecule has 5 nitrogen and oxygen atoms in total. The molecule has 112 valence electrons. The molecule has 1 amide bonds. The summed E-state index contributed by atoms with van der Waals surface area (Å²) in [7, 11) is 0. The Balaban J connectivity index is 2.59. The molecule has 0 saturated carbocycles. The SMILES string of the molecule is CCOC(=O)N1CCN(C(C(C)N)C(F)(F)F)CC1. The lowest BCUT2D eigenvalue weighted by atomic mass is 10.1. The van der Waals surface area contributed by atoms with Gasteiger partial charge in [-0.2, -0.15) is 13.2 Å². The molecule has 1 aliphatic heterocycles. The van der Waals surface area contributed by atoms with Gasteiger partial charge in [-0.05, 0) is 13.8 Å². The van der Waals surface area contributed by atoms with Gasteiger partial charge in [-0.3, -0.25) is 4.90 Å². The molecule has 0 aromatic carbocycles. The number of hydrogen-bond donors (Lipinski definition) is 1. The fourth-order valence-electron chi connectivity index (χ4n) is 2.24. The molecule has 2 atom stereocenters. The molecule has 1 fully saturated rings. The zero-order valence-corrected chi connectivity index (χ0v) is 11.1. The Morgan fingerprint density at radius 1 is 1.32 bits per heavy atom. The molecule has 0 spiro atoms. The Morgan fingerprint density at radius 2 is 1.84 bits per heavy atom. The fourth-order valence-corrected chi connectivity index (χ4v) is 2.24. The van der Waals surface area contributed by atoms with E-state index in [1.165, 1.54) is 16.7 Å². The minimum absolute atomic E-state index is 0.143. The molecular formula is C11H20F3N3O2. The number of halogens is 3. The standard InChI is InChI=1S/C11H20F3N3O2/c1-3-19-10(18)17-6-4-16(5-7-17)9(8(2)15)11(12,13)14/h8-9H,3-7,15H2,1-2H3. The minimum Gasteiger partial charge on any atom is -0.450 e. The fraction of sp³-hybridized carbons (Fsp3) is 0.909. The van der Waals surface area contributed by atoms with Crippen molar-refractivity contribution in [3.63, 3.8) is 0 Å². The predicted molar refractivity (Wildman–Crippen MR) is 63.7 cm³/mol. The molecular weight excluding hydrogens is 263 g/mol. The van der Waals surface area contributed by atoms with Crippen LogP contribution in [0.2, 0.25) is 0 Å².